The van der Waals surface area contributed by atoms with Gasteiger partial charge in [-0.15, -0.1) is 0 Å². The first-order chi connectivity index (χ1) is 10.9. The van der Waals surface area contributed by atoms with E-state index in [1.807, 2.05) is 13.8 Å². The average molecular weight is 320 g/mol. The molecular formula is C14H17FN6O2. The number of nitrogens with one attached hydrogen (secondary N) is 2. The Morgan fingerprint density at radius 2 is 2.09 bits per heavy atom. The first-order valence-corrected chi connectivity index (χ1v) is 7.02. The van der Waals surface area contributed by atoms with Crippen molar-refractivity contribution < 1.29 is 9.31 Å². The van der Waals surface area contributed by atoms with Gasteiger partial charge in [-0.05, 0) is 25.5 Å². The fourth-order valence-corrected chi connectivity index (χ4v) is 1.82. The van der Waals surface area contributed by atoms with E-state index in [9.17, 15) is 14.5 Å². The van der Waals surface area contributed by atoms with Gasteiger partial charge >= 0.3 is 5.69 Å². The molecule has 0 aliphatic carbocycles. The highest BCUT2D eigenvalue weighted by Crippen LogP contribution is 2.32. The topological polar surface area (TPSA) is 119 Å². The lowest BCUT2D eigenvalue weighted by Crippen LogP contribution is -2.17. The van der Waals surface area contributed by atoms with Gasteiger partial charge in [-0.1, -0.05) is 19.1 Å². The molecule has 0 spiro atoms. The maximum atomic E-state index is 13.8. The standard InChI is InChI=1S/C14H17FN6O2/c1-3-8(2)17-14-19-12(16)11(21(22)23)13(20-14)18-10-7-5-4-6-9(10)15/h4-8H,3H2,1-2H3,(H4,16,17,18,19,20)/t8-/m1/s1. The van der Waals surface area contributed by atoms with Crippen molar-refractivity contribution in [2.24, 2.45) is 0 Å². The number of rotatable bonds is 6. The molecule has 0 amide bonds. The van der Waals surface area contributed by atoms with Crippen molar-refractivity contribution in [1.29, 1.82) is 0 Å². The molecule has 1 aromatic carbocycles. The number of hydrogen-bond acceptors (Lipinski definition) is 7. The summed E-state index contributed by atoms with van der Waals surface area (Å²) < 4.78 is 13.8. The number of nitrogens with two attached hydrogens (primary N) is 1. The van der Waals surface area contributed by atoms with E-state index >= 15 is 0 Å². The van der Waals surface area contributed by atoms with Gasteiger partial charge in [0.25, 0.3) is 0 Å². The van der Waals surface area contributed by atoms with Gasteiger partial charge in [-0.3, -0.25) is 10.1 Å². The molecule has 0 aliphatic heterocycles. The molecule has 2 aromatic rings. The maximum Gasteiger partial charge on any atom is 0.353 e. The normalized spacial score (nSPS) is 11.8. The Balaban J connectivity index is 2.46. The number of anilines is 4. The zero-order valence-electron chi connectivity index (χ0n) is 12.7. The maximum absolute atomic E-state index is 13.8. The molecule has 1 atom stereocenters. The summed E-state index contributed by atoms with van der Waals surface area (Å²) >= 11 is 0. The summed E-state index contributed by atoms with van der Waals surface area (Å²) in [6.45, 7) is 3.87. The lowest BCUT2D eigenvalue weighted by molar-refractivity contribution is -0.383. The summed E-state index contributed by atoms with van der Waals surface area (Å²) in [5.41, 5.74) is 5.23. The van der Waals surface area contributed by atoms with E-state index in [-0.39, 0.29) is 29.3 Å². The SMILES string of the molecule is CC[C@@H](C)Nc1nc(N)c([N+](=O)[O-])c(Nc2ccccc2F)n1. The molecule has 0 unspecified atom stereocenters. The predicted octanol–water partition coefficient (Wildman–Crippen LogP) is 3.06. The number of hydrogen-bond donors (Lipinski definition) is 3. The van der Waals surface area contributed by atoms with Gasteiger partial charge in [0.1, 0.15) is 5.82 Å². The third-order valence-corrected chi connectivity index (χ3v) is 3.21. The highest BCUT2D eigenvalue weighted by Gasteiger charge is 2.24. The number of aromatic nitrogens is 2. The highest BCUT2D eigenvalue weighted by atomic mass is 19.1. The second kappa shape index (κ2) is 6.86. The predicted molar refractivity (Wildman–Crippen MR) is 86.2 cm³/mol. The third-order valence-electron chi connectivity index (χ3n) is 3.21. The van der Waals surface area contributed by atoms with Crippen LogP contribution < -0.4 is 16.4 Å². The minimum absolute atomic E-state index is 0.0529. The summed E-state index contributed by atoms with van der Waals surface area (Å²) in [7, 11) is 0. The van der Waals surface area contributed by atoms with Crippen molar-refractivity contribution in [2.45, 2.75) is 26.3 Å². The summed E-state index contributed by atoms with van der Waals surface area (Å²) in [6.07, 6.45) is 0.802. The molecular weight excluding hydrogens is 303 g/mol. The van der Waals surface area contributed by atoms with Gasteiger partial charge in [0.15, 0.2) is 0 Å². The Morgan fingerprint density at radius 1 is 1.39 bits per heavy atom. The third kappa shape index (κ3) is 3.82. The van der Waals surface area contributed by atoms with Crippen LogP contribution in [0.1, 0.15) is 20.3 Å². The van der Waals surface area contributed by atoms with Crippen LogP contribution in [0.3, 0.4) is 0 Å². The van der Waals surface area contributed by atoms with E-state index in [0.29, 0.717) is 0 Å². The van der Waals surface area contributed by atoms with Crippen LogP contribution in [0.4, 0.5) is 33.3 Å². The Morgan fingerprint density at radius 3 is 2.70 bits per heavy atom. The van der Waals surface area contributed by atoms with E-state index in [2.05, 4.69) is 20.6 Å². The molecule has 4 N–H and O–H groups in total. The Kier molecular flexibility index (Phi) is 4.89. The van der Waals surface area contributed by atoms with Crippen molar-refractivity contribution in [3.8, 4) is 0 Å². The fraction of sp³-hybridized carbons (Fsp3) is 0.286. The van der Waals surface area contributed by atoms with Gasteiger partial charge in [-0.2, -0.15) is 9.97 Å². The highest BCUT2D eigenvalue weighted by molar-refractivity contribution is 5.74. The van der Waals surface area contributed by atoms with E-state index in [1.54, 1.807) is 6.07 Å². The Labute approximate surface area is 132 Å². The van der Waals surface area contributed by atoms with Crippen LogP contribution in [-0.2, 0) is 0 Å². The largest absolute Gasteiger partial charge is 0.378 e. The van der Waals surface area contributed by atoms with Gasteiger partial charge in [-0.25, -0.2) is 4.39 Å². The van der Waals surface area contributed by atoms with E-state index in [4.69, 9.17) is 5.73 Å². The molecule has 0 aliphatic rings. The van der Waals surface area contributed by atoms with Crippen molar-refractivity contribution >= 4 is 29.0 Å². The lowest BCUT2D eigenvalue weighted by Gasteiger charge is -2.14. The lowest BCUT2D eigenvalue weighted by atomic mass is 10.3. The molecule has 8 nitrogen and oxygen atoms in total. The van der Waals surface area contributed by atoms with Crippen molar-refractivity contribution in [1.82, 2.24) is 9.97 Å². The number of nitrogens with zero attached hydrogens (tertiary/aromatic N) is 3. The van der Waals surface area contributed by atoms with Crippen LogP contribution in [0.2, 0.25) is 0 Å². The first-order valence-electron chi connectivity index (χ1n) is 7.02. The van der Waals surface area contributed by atoms with Crippen molar-refractivity contribution in [3.63, 3.8) is 0 Å². The zero-order valence-corrected chi connectivity index (χ0v) is 12.7. The van der Waals surface area contributed by atoms with Crippen molar-refractivity contribution in [2.75, 3.05) is 16.4 Å². The summed E-state index contributed by atoms with van der Waals surface area (Å²) in [5, 5.41) is 16.8. The molecule has 23 heavy (non-hydrogen) atoms. The molecule has 0 bridgehead atoms. The molecule has 0 radical (unpaired) electrons. The number of benzene rings is 1. The summed E-state index contributed by atoms with van der Waals surface area (Å²) in [5.74, 6) is -0.884. The van der Waals surface area contributed by atoms with Crippen molar-refractivity contribution in [3.05, 3.63) is 40.2 Å². The molecule has 2 rings (SSSR count). The molecule has 1 aromatic heterocycles. The van der Waals surface area contributed by atoms with Crippen LogP contribution in [-0.4, -0.2) is 20.9 Å². The van der Waals surface area contributed by atoms with Crippen LogP contribution in [0, 0.1) is 15.9 Å². The molecule has 9 heteroatoms. The number of nitro groups is 1. The Hall–Kier alpha value is -2.97. The molecule has 0 saturated carbocycles. The first kappa shape index (κ1) is 16.4. The minimum Gasteiger partial charge on any atom is -0.378 e. The van der Waals surface area contributed by atoms with Gasteiger partial charge in [0.05, 0.1) is 10.6 Å². The summed E-state index contributed by atoms with van der Waals surface area (Å²) in [4.78, 5) is 18.4. The van der Waals surface area contributed by atoms with Crippen LogP contribution in [0.5, 0.6) is 0 Å². The van der Waals surface area contributed by atoms with Gasteiger partial charge in [0, 0.05) is 6.04 Å². The van der Waals surface area contributed by atoms with Crippen LogP contribution >= 0.6 is 0 Å². The monoisotopic (exact) mass is 320 g/mol. The molecule has 0 fully saturated rings. The second-order valence-corrected chi connectivity index (χ2v) is 4.95. The second-order valence-electron chi connectivity index (χ2n) is 4.95. The average Bonchev–Trinajstić information content (AvgIpc) is 2.48. The van der Waals surface area contributed by atoms with Gasteiger partial charge < -0.3 is 16.4 Å². The summed E-state index contributed by atoms with van der Waals surface area (Å²) in [6, 6.07) is 5.84. The number of nitrogen functional groups attached to an aromatic ring is 1. The van der Waals surface area contributed by atoms with E-state index < -0.39 is 16.4 Å². The molecule has 0 saturated heterocycles. The van der Waals surface area contributed by atoms with Crippen LogP contribution in [0.25, 0.3) is 0 Å². The molecule has 122 valence electrons. The minimum atomic E-state index is -0.703. The zero-order chi connectivity index (χ0) is 17.0. The number of halogens is 1. The molecule has 1 heterocycles. The van der Waals surface area contributed by atoms with E-state index in [0.717, 1.165) is 6.42 Å². The smallest absolute Gasteiger partial charge is 0.353 e. The fourth-order valence-electron chi connectivity index (χ4n) is 1.82. The van der Waals surface area contributed by atoms with Gasteiger partial charge in [0.2, 0.25) is 17.6 Å². The quantitative estimate of drug-likeness (QED) is 0.552. The van der Waals surface area contributed by atoms with Crippen LogP contribution in [0.15, 0.2) is 24.3 Å². The van der Waals surface area contributed by atoms with E-state index in [1.165, 1.54) is 18.2 Å². The Bertz CT molecular complexity index is 724. The number of para-hydroxylation sites is 1.